The van der Waals surface area contributed by atoms with Gasteiger partial charge < -0.3 is 10.6 Å². The van der Waals surface area contributed by atoms with Gasteiger partial charge in [-0.15, -0.1) is 0 Å². The number of aromatic amines is 1. The van der Waals surface area contributed by atoms with Gasteiger partial charge in [0.2, 0.25) is 0 Å². The van der Waals surface area contributed by atoms with Gasteiger partial charge in [0.25, 0.3) is 0 Å². The van der Waals surface area contributed by atoms with E-state index in [9.17, 15) is 0 Å². The van der Waals surface area contributed by atoms with Crippen molar-refractivity contribution in [2.24, 2.45) is 0 Å². The Balaban J connectivity index is 1.88. The van der Waals surface area contributed by atoms with Crippen LogP contribution in [0.5, 0.6) is 0 Å². The summed E-state index contributed by atoms with van der Waals surface area (Å²) in [6, 6.07) is 0. The second kappa shape index (κ2) is 5.50. The third-order valence-electron chi connectivity index (χ3n) is 4.47. The fourth-order valence-corrected chi connectivity index (χ4v) is 3.55. The highest BCUT2D eigenvalue weighted by Crippen LogP contribution is 2.35. The second-order valence-corrected chi connectivity index (χ2v) is 6.46. The number of nitrogens with zero attached hydrogens (tertiary/aromatic N) is 5. The molecule has 23 heavy (non-hydrogen) atoms. The van der Waals surface area contributed by atoms with Gasteiger partial charge in [-0.05, 0) is 26.4 Å². The van der Waals surface area contributed by atoms with E-state index in [0.29, 0.717) is 16.8 Å². The molecule has 0 radical (unpaired) electrons. The van der Waals surface area contributed by atoms with Crippen molar-refractivity contribution in [2.45, 2.75) is 18.8 Å². The van der Waals surface area contributed by atoms with Gasteiger partial charge >= 0.3 is 0 Å². The number of halogens is 1. The number of likely N-dealkylation sites (N-methyl/N-ethyl adjacent to an activating group) is 1. The second-order valence-electron chi connectivity index (χ2n) is 6.08. The minimum atomic E-state index is 0.292. The number of hydrogen-bond donors (Lipinski definition) is 2. The molecular weight excluding hydrogens is 314 g/mol. The number of rotatable bonds is 2. The molecule has 0 saturated carbocycles. The van der Waals surface area contributed by atoms with E-state index in [4.69, 9.17) is 22.3 Å². The highest BCUT2D eigenvalue weighted by atomic mass is 35.5. The van der Waals surface area contributed by atoms with Crippen molar-refractivity contribution in [3.8, 4) is 11.1 Å². The maximum atomic E-state index is 6.50. The van der Waals surface area contributed by atoms with Crippen molar-refractivity contribution in [2.75, 3.05) is 25.9 Å². The minimum absolute atomic E-state index is 0.292. The number of aromatic nitrogens is 5. The number of hydrogen-bond acceptors (Lipinski definition) is 5. The van der Waals surface area contributed by atoms with Gasteiger partial charge in [0.05, 0.1) is 18.1 Å². The normalized spacial score (nSPS) is 19.5. The van der Waals surface area contributed by atoms with E-state index in [1.807, 2.05) is 6.20 Å². The highest BCUT2D eigenvalue weighted by Gasteiger charge is 2.26. The van der Waals surface area contributed by atoms with Gasteiger partial charge in [-0.3, -0.25) is 5.10 Å². The molecule has 0 bridgehead atoms. The molecule has 1 unspecified atom stereocenters. The maximum absolute atomic E-state index is 6.50. The molecule has 1 aliphatic rings. The molecule has 4 heterocycles. The topological polar surface area (TPSA) is 88.1 Å². The SMILES string of the molecule is CN1CCCC(c2nc3c(-c4cn[nH]c4)cnn3c(N)c2Cl)C1. The fourth-order valence-electron chi connectivity index (χ4n) is 3.28. The number of nitrogen functional groups attached to an aromatic ring is 1. The Morgan fingerprint density at radius 2 is 2.26 bits per heavy atom. The number of H-pyrrole nitrogens is 1. The van der Waals surface area contributed by atoms with E-state index in [2.05, 4.69) is 27.2 Å². The lowest BCUT2D eigenvalue weighted by molar-refractivity contribution is 0.248. The van der Waals surface area contributed by atoms with Gasteiger partial charge in [-0.25, -0.2) is 4.98 Å². The molecule has 0 amide bonds. The molecule has 0 spiro atoms. The molecule has 8 heteroatoms. The van der Waals surface area contributed by atoms with Crippen molar-refractivity contribution >= 4 is 23.1 Å². The highest BCUT2D eigenvalue weighted by molar-refractivity contribution is 6.33. The zero-order chi connectivity index (χ0) is 16.0. The molecule has 0 aliphatic carbocycles. The monoisotopic (exact) mass is 331 g/mol. The molecule has 3 aromatic heterocycles. The fraction of sp³-hybridized carbons (Fsp3) is 0.400. The first-order valence-corrected chi connectivity index (χ1v) is 8.03. The van der Waals surface area contributed by atoms with Crippen LogP contribution in [0, 0.1) is 0 Å². The lowest BCUT2D eigenvalue weighted by Crippen LogP contribution is -2.31. The summed E-state index contributed by atoms with van der Waals surface area (Å²) in [5.41, 5.74) is 9.63. The summed E-state index contributed by atoms with van der Waals surface area (Å²) in [5, 5.41) is 11.6. The first-order chi connectivity index (χ1) is 11.1. The van der Waals surface area contributed by atoms with Gasteiger partial charge in [0.1, 0.15) is 10.8 Å². The lowest BCUT2D eigenvalue weighted by atomic mass is 9.94. The van der Waals surface area contributed by atoms with Crippen LogP contribution in [0.1, 0.15) is 24.5 Å². The van der Waals surface area contributed by atoms with Crippen molar-refractivity contribution < 1.29 is 0 Å². The van der Waals surface area contributed by atoms with Crippen LogP contribution >= 0.6 is 11.6 Å². The quantitative estimate of drug-likeness (QED) is 0.751. The molecule has 3 N–H and O–H groups in total. The van der Waals surface area contributed by atoms with Crippen LogP contribution in [0.2, 0.25) is 5.02 Å². The van der Waals surface area contributed by atoms with E-state index in [0.717, 1.165) is 48.4 Å². The van der Waals surface area contributed by atoms with E-state index >= 15 is 0 Å². The Kier molecular flexibility index (Phi) is 3.46. The maximum Gasteiger partial charge on any atom is 0.165 e. The summed E-state index contributed by atoms with van der Waals surface area (Å²) in [4.78, 5) is 7.14. The van der Waals surface area contributed by atoms with Crippen LogP contribution in [0.25, 0.3) is 16.8 Å². The molecule has 1 atom stereocenters. The number of fused-ring (bicyclic) bond motifs is 1. The molecule has 1 aliphatic heterocycles. The van der Waals surface area contributed by atoms with Crippen LogP contribution < -0.4 is 5.73 Å². The van der Waals surface area contributed by atoms with Gasteiger partial charge in [-0.2, -0.15) is 14.7 Å². The van der Waals surface area contributed by atoms with Gasteiger partial charge in [0, 0.05) is 29.8 Å². The Morgan fingerprint density at radius 1 is 1.39 bits per heavy atom. The predicted octanol–water partition coefficient (Wildman–Crippen LogP) is 2.16. The number of nitrogens with one attached hydrogen (secondary N) is 1. The Morgan fingerprint density at radius 3 is 3.00 bits per heavy atom. The molecule has 120 valence electrons. The van der Waals surface area contributed by atoms with Crippen LogP contribution in [0.3, 0.4) is 0 Å². The third kappa shape index (κ3) is 2.36. The average molecular weight is 332 g/mol. The van der Waals surface area contributed by atoms with E-state index in [1.54, 1.807) is 16.9 Å². The summed E-state index contributed by atoms with van der Waals surface area (Å²) in [7, 11) is 2.12. The molecule has 1 fully saturated rings. The number of anilines is 1. The molecule has 3 aromatic rings. The van der Waals surface area contributed by atoms with Crippen LogP contribution in [-0.2, 0) is 0 Å². The molecule has 0 aromatic carbocycles. The summed E-state index contributed by atoms with van der Waals surface area (Å²) in [5.74, 6) is 0.732. The van der Waals surface area contributed by atoms with Crippen molar-refractivity contribution in [3.05, 3.63) is 29.3 Å². The Bertz CT molecular complexity index is 839. The van der Waals surface area contributed by atoms with Crippen molar-refractivity contribution in [1.82, 2.24) is 29.7 Å². The minimum Gasteiger partial charge on any atom is -0.382 e. The zero-order valence-corrected chi connectivity index (χ0v) is 13.6. The summed E-state index contributed by atoms with van der Waals surface area (Å²) >= 11 is 6.50. The number of piperidine rings is 1. The van der Waals surface area contributed by atoms with Crippen LogP contribution in [-0.4, -0.2) is 49.8 Å². The lowest BCUT2D eigenvalue weighted by Gasteiger charge is -2.30. The molecule has 1 saturated heterocycles. The summed E-state index contributed by atoms with van der Waals surface area (Å²) in [6.45, 7) is 2.05. The summed E-state index contributed by atoms with van der Waals surface area (Å²) in [6.07, 6.45) is 7.52. The van der Waals surface area contributed by atoms with Crippen LogP contribution in [0.4, 0.5) is 5.82 Å². The van der Waals surface area contributed by atoms with Gasteiger partial charge in [-0.1, -0.05) is 11.6 Å². The van der Waals surface area contributed by atoms with E-state index in [1.165, 1.54) is 0 Å². The number of likely N-dealkylation sites (tertiary alicyclic amines) is 1. The third-order valence-corrected chi connectivity index (χ3v) is 4.86. The first kappa shape index (κ1) is 14.5. The van der Waals surface area contributed by atoms with E-state index in [-0.39, 0.29) is 0 Å². The van der Waals surface area contributed by atoms with Crippen molar-refractivity contribution in [3.63, 3.8) is 0 Å². The predicted molar refractivity (Wildman–Crippen MR) is 89.5 cm³/mol. The van der Waals surface area contributed by atoms with Gasteiger partial charge in [0.15, 0.2) is 5.65 Å². The van der Waals surface area contributed by atoms with Crippen LogP contribution in [0.15, 0.2) is 18.6 Å². The smallest absolute Gasteiger partial charge is 0.165 e. The van der Waals surface area contributed by atoms with Crippen molar-refractivity contribution in [1.29, 1.82) is 0 Å². The standard InChI is InChI=1S/C15H18ClN7/c1-22-4-2-3-9(8-22)13-12(16)14(17)23-15(21-13)11(7-20-23)10-5-18-19-6-10/h5-7,9H,2-4,8,17H2,1H3,(H,18,19). The zero-order valence-electron chi connectivity index (χ0n) is 12.8. The van der Waals surface area contributed by atoms with E-state index < -0.39 is 0 Å². The number of nitrogens with two attached hydrogens (primary N) is 1. The Hall–Kier alpha value is -2.12. The first-order valence-electron chi connectivity index (χ1n) is 7.65. The average Bonchev–Trinajstić information content (AvgIpc) is 3.19. The molecular formula is C15H18ClN7. The summed E-state index contributed by atoms with van der Waals surface area (Å²) < 4.78 is 1.60. The largest absolute Gasteiger partial charge is 0.382 e. The molecule has 4 rings (SSSR count). The Labute approximate surface area is 138 Å². The molecule has 7 nitrogen and oxygen atoms in total.